The highest BCUT2D eigenvalue weighted by molar-refractivity contribution is 6.21. The van der Waals surface area contributed by atoms with Crippen LogP contribution in [0.3, 0.4) is 0 Å². The van der Waals surface area contributed by atoms with Gasteiger partial charge in [0.2, 0.25) is 0 Å². The van der Waals surface area contributed by atoms with Gasteiger partial charge in [-0.25, -0.2) is 0 Å². The molecule has 0 fully saturated rings. The van der Waals surface area contributed by atoms with Gasteiger partial charge in [0.1, 0.15) is 0 Å². The van der Waals surface area contributed by atoms with Gasteiger partial charge in [-0.05, 0) is 98.1 Å². The molecule has 40 heavy (non-hydrogen) atoms. The maximum absolute atomic E-state index is 4.35. The topological polar surface area (TPSA) is 25.8 Å². The first-order chi connectivity index (χ1) is 19.7. The van der Waals surface area contributed by atoms with Gasteiger partial charge in [0.15, 0.2) is 0 Å². The Morgan fingerprint density at radius 3 is 1.62 bits per heavy atom. The molecule has 7 rings (SSSR count). The molecule has 0 amide bonds. The number of hydrogen-bond acceptors (Lipinski definition) is 2. The summed E-state index contributed by atoms with van der Waals surface area (Å²) in [5.74, 6) is 0. The molecule has 0 bridgehead atoms. The number of nitrogens with zero attached hydrogens (tertiary/aromatic N) is 2. The van der Waals surface area contributed by atoms with Crippen molar-refractivity contribution in [2.45, 2.75) is 13.8 Å². The van der Waals surface area contributed by atoms with Crippen LogP contribution in [-0.2, 0) is 0 Å². The lowest BCUT2D eigenvalue weighted by Crippen LogP contribution is -1.92. The normalized spacial score (nSPS) is 11.2. The fourth-order valence-electron chi connectivity index (χ4n) is 5.97. The number of fused-ring (bicyclic) bond motifs is 2. The highest BCUT2D eigenvalue weighted by Crippen LogP contribution is 2.44. The summed E-state index contributed by atoms with van der Waals surface area (Å²) < 4.78 is 0. The average Bonchev–Trinajstić information content (AvgIpc) is 3.00. The molecule has 2 aromatic heterocycles. The Morgan fingerprint density at radius 2 is 1.05 bits per heavy atom. The molecule has 5 aromatic carbocycles. The predicted molar refractivity (Wildman–Crippen MR) is 168 cm³/mol. The summed E-state index contributed by atoms with van der Waals surface area (Å²) in [6.45, 7) is 4.22. The molecule has 0 saturated heterocycles. The number of hydrogen-bond donors (Lipinski definition) is 0. The first kappa shape index (κ1) is 24.0. The second kappa shape index (κ2) is 9.91. The van der Waals surface area contributed by atoms with E-state index in [1.54, 1.807) is 0 Å². The van der Waals surface area contributed by atoms with Crippen molar-refractivity contribution in [1.82, 2.24) is 9.97 Å². The zero-order valence-electron chi connectivity index (χ0n) is 22.6. The van der Waals surface area contributed by atoms with Crippen LogP contribution in [0.25, 0.3) is 66.1 Å². The SMILES string of the molecule is Cc1cc(-c2ccc(-c3c4ccccc4c(-c4ccc(-c5cccnc5)c(C)c4)c4ccccc34)cc2)ccn1. The number of benzene rings is 5. The number of aromatic nitrogens is 2. The van der Waals surface area contributed by atoms with Gasteiger partial charge >= 0.3 is 0 Å². The van der Waals surface area contributed by atoms with Gasteiger partial charge in [0, 0.05) is 29.8 Å². The van der Waals surface area contributed by atoms with Crippen molar-refractivity contribution >= 4 is 21.5 Å². The molecule has 0 aliphatic rings. The molecule has 190 valence electrons. The highest BCUT2D eigenvalue weighted by Gasteiger charge is 2.17. The summed E-state index contributed by atoms with van der Waals surface area (Å²) >= 11 is 0. The minimum Gasteiger partial charge on any atom is -0.264 e. The summed E-state index contributed by atoms with van der Waals surface area (Å²) in [4.78, 5) is 8.68. The standard InChI is InChI=1S/C38H28N2/c1-25-22-30(17-18-32(25)31-8-7-20-39-24-31)38-35-11-5-3-9-33(35)37(34-10-4-6-12-36(34)38)28-15-13-27(14-16-28)29-19-21-40-26(2)23-29/h3-24H,1-2H3. The maximum Gasteiger partial charge on any atom is 0.0378 e. The van der Waals surface area contributed by atoms with Gasteiger partial charge in [-0.15, -0.1) is 0 Å². The van der Waals surface area contributed by atoms with Crippen molar-refractivity contribution in [3.63, 3.8) is 0 Å². The van der Waals surface area contributed by atoms with E-state index in [1.807, 2.05) is 31.6 Å². The highest BCUT2D eigenvalue weighted by atomic mass is 14.6. The third kappa shape index (κ3) is 4.15. The Labute approximate surface area is 234 Å². The zero-order valence-corrected chi connectivity index (χ0v) is 22.6. The first-order valence-corrected chi connectivity index (χ1v) is 13.7. The van der Waals surface area contributed by atoms with Crippen LogP contribution in [0.2, 0.25) is 0 Å². The molecule has 0 N–H and O–H groups in total. The first-order valence-electron chi connectivity index (χ1n) is 13.7. The van der Waals surface area contributed by atoms with Crippen LogP contribution >= 0.6 is 0 Å². The Bertz CT molecular complexity index is 1950. The molecule has 0 radical (unpaired) electrons. The van der Waals surface area contributed by atoms with Crippen LogP contribution in [0.4, 0.5) is 0 Å². The van der Waals surface area contributed by atoms with Crippen LogP contribution in [0.5, 0.6) is 0 Å². The van der Waals surface area contributed by atoms with Gasteiger partial charge in [-0.2, -0.15) is 0 Å². The van der Waals surface area contributed by atoms with Crippen LogP contribution < -0.4 is 0 Å². The number of rotatable bonds is 4. The Balaban J connectivity index is 1.43. The van der Waals surface area contributed by atoms with Crippen molar-refractivity contribution in [2.24, 2.45) is 0 Å². The van der Waals surface area contributed by atoms with Gasteiger partial charge in [-0.3, -0.25) is 9.97 Å². The van der Waals surface area contributed by atoms with Gasteiger partial charge < -0.3 is 0 Å². The molecule has 0 spiro atoms. The monoisotopic (exact) mass is 512 g/mol. The molecule has 0 atom stereocenters. The third-order valence-corrected chi connectivity index (χ3v) is 7.82. The van der Waals surface area contributed by atoms with Crippen molar-refractivity contribution in [2.75, 3.05) is 0 Å². The molecule has 0 saturated carbocycles. The van der Waals surface area contributed by atoms with Crippen molar-refractivity contribution < 1.29 is 0 Å². The number of pyridine rings is 2. The van der Waals surface area contributed by atoms with E-state index in [1.165, 1.54) is 66.1 Å². The second-order valence-electron chi connectivity index (χ2n) is 10.4. The second-order valence-corrected chi connectivity index (χ2v) is 10.4. The van der Waals surface area contributed by atoms with E-state index in [4.69, 9.17) is 0 Å². The lowest BCUT2D eigenvalue weighted by Gasteiger charge is -2.18. The third-order valence-electron chi connectivity index (χ3n) is 7.82. The van der Waals surface area contributed by atoms with E-state index < -0.39 is 0 Å². The minimum absolute atomic E-state index is 1.03. The minimum atomic E-state index is 1.03. The summed E-state index contributed by atoms with van der Waals surface area (Å²) in [5, 5.41) is 5.05. The largest absolute Gasteiger partial charge is 0.264 e. The van der Waals surface area contributed by atoms with E-state index in [0.717, 1.165) is 11.3 Å². The molecular formula is C38H28N2. The molecule has 7 aromatic rings. The zero-order chi connectivity index (χ0) is 27.1. The Kier molecular flexibility index (Phi) is 5.94. The fraction of sp³-hybridized carbons (Fsp3) is 0.0526. The smallest absolute Gasteiger partial charge is 0.0378 e. The molecular weight excluding hydrogens is 484 g/mol. The maximum atomic E-state index is 4.35. The average molecular weight is 513 g/mol. The molecule has 0 unspecified atom stereocenters. The van der Waals surface area contributed by atoms with Crippen LogP contribution in [-0.4, -0.2) is 9.97 Å². The van der Waals surface area contributed by atoms with Crippen molar-refractivity contribution in [3.8, 4) is 44.5 Å². The predicted octanol–water partition coefficient (Wildman–Crippen LogP) is 10.1. The van der Waals surface area contributed by atoms with Crippen LogP contribution in [0, 0.1) is 13.8 Å². The van der Waals surface area contributed by atoms with E-state index >= 15 is 0 Å². The Morgan fingerprint density at radius 1 is 0.450 bits per heavy atom. The van der Waals surface area contributed by atoms with E-state index in [0.29, 0.717) is 0 Å². The van der Waals surface area contributed by atoms with Crippen LogP contribution in [0.1, 0.15) is 11.3 Å². The molecule has 0 aliphatic heterocycles. The summed E-state index contributed by atoms with van der Waals surface area (Å²) in [5.41, 5.74) is 12.0. The van der Waals surface area contributed by atoms with E-state index in [9.17, 15) is 0 Å². The van der Waals surface area contributed by atoms with Gasteiger partial charge in [0.05, 0.1) is 0 Å². The van der Waals surface area contributed by atoms with Gasteiger partial charge in [0.25, 0.3) is 0 Å². The van der Waals surface area contributed by atoms with Crippen molar-refractivity contribution in [3.05, 3.63) is 145 Å². The summed E-state index contributed by atoms with van der Waals surface area (Å²) in [6, 6.07) is 41.7. The number of aryl methyl sites for hydroxylation is 2. The van der Waals surface area contributed by atoms with E-state index in [-0.39, 0.29) is 0 Å². The summed E-state index contributed by atoms with van der Waals surface area (Å²) in [6.07, 6.45) is 5.63. The van der Waals surface area contributed by atoms with Crippen molar-refractivity contribution in [1.29, 1.82) is 0 Å². The lowest BCUT2D eigenvalue weighted by molar-refractivity contribution is 1.20. The van der Waals surface area contributed by atoms with Crippen LogP contribution in [0.15, 0.2) is 134 Å². The fourth-order valence-corrected chi connectivity index (χ4v) is 5.97. The molecule has 0 aliphatic carbocycles. The molecule has 2 heterocycles. The molecule has 2 nitrogen and oxygen atoms in total. The molecule has 2 heteroatoms. The Hall–Kier alpha value is -5.08. The quantitative estimate of drug-likeness (QED) is 0.219. The summed E-state index contributed by atoms with van der Waals surface area (Å²) in [7, 11) is 0. The lowest BCUT2D eigenvalue weighted by atomic mass is 9.85. The van der Waals surface area contributed by atoms with E-state index in [2.05, 4.69) is 126 Å². The van der Waals surface area contributed by atoms with Gasteiger partial charge in [-0.1, -0.05) is 97.1 Å².